The lowest BCUT2D eigenvalue weighted by Crippen LogP contribution is -2.19. The fourth-order valence-corrected chi connectivity index (χ4v) is 0.803. The van der Waals surface area contributed by atoms with Crippen molar-refractivity contribution >= 4 is 11.7 Å². The predicted octanol–water partition coefficient (Wildman–Crippen LogP) is 0.294. The van der Waals surface area contributed by atoms with Crippen molar-refractivity contribution < 1.29 is 20.1 Å². The summed E-state index contributed by atoms with van der Waals surface area (Å²) in [5.74, 6) is -1.81. The Kier molecular flexibility index (Phi) is 2.14. The van der Waals surface area contributed by atoms with Crippen LogP contribution in [0, 0.1) is 0 Å². The van der Waals surface area contributed by atoms with Crippen LogP contribution in [0.1, 0.15) is 0 Å². The molecule has 6 N–H and O–H groups in total. The third kappa shape index (κ3) is 1.73. The zero-order valence-corrected chi connectivity index (χ0v) is 6.48. The van der Waals surface area contributed by atoms with Crippen LogP contribution in [0.2, 0.25) is 0 Å². The molecule has 1 aromatic rings. The SMILES string of the molecule is NC(=O)Nc1ccc(O)c(O)c1O. The number of hydrogen-bond acceptors (Lipinski definition) is 4. The molecule has 0 atom stereocenters. The molecule has 1 rings (SSSR count). The smallest absolute Gasteiger partial charge is 0.316 e. The number of hydrogen-bond donors (Lipinski definition) is 5. The maximum Gasteiger partial charge on any atom is 0.316 e. The van der Waals surface area contributed by atoms with Gasteiger partial charge in [0.25, 0.3) is 0 Å². The van der Waals surface area contributed by atoms with Crippen LogP contribution in [0.3, 0.4) is 0 Å². The van der Waals surface area contributed by atoms with Crippen molar-refractivity contribution in [3.8, 4) is 17.2 Å². The van der Waals surface area contributed by atoms with Gasteiger partial charge in [-0.1, -0.05) is 0 Å². The van der Waals surface area contributed by atoms with Gasteiger partial charge in [-0.05, 0) is 12.1 Å². The maximum absolute atomic E-state index is 10.4. The van der Waals surface area contributed by atoms with Gasteiger partial charge in [-0.2, -0.15) is 0 Å². The molecular formula is C7H8N2O4. The minimum Gasteiger partial charge on any atom is -0.504 e. The molecule has 70 valence electrons. The van der Waals surface area contributed by atoms with E-state index in [4.69, 9.17) is 21.1 Å². The largest absolute Gasteiger partial charge is 0.504 e. The van der Waals surface area contributed by atoms with E-state index in [-0.39, 0.29) is 5.69 Å². The van der Waals surface area contributed by atoms with Gasteiger partial charge in [0.1, 0.15) is 0 Å². The van der Waals surface area contributed by atoms with Gasteiger partial charge in [-0.15, -0.1) is 0 Å². The molecule has 1 aromatic carbocycles. The third-order valence-corrected chi connectivity index (χ3v) is 1.39. The highest BCUT2D eigenvalue weighted by atomic mass is 16.3. The van der Waals surface area contributed by atoms with Gasteiger partial charge in [0.15, 0.2) is 11.5 Å². The maximum atomic E-state index is 10.4. The molecule has 0 radical (unpaired) electrons. The number of phenols is 3. The second-order valence-corrected chi connectivity index (χ2v) is 2.32. The second-order valence-electron chi connectivity index (χ2n) is 2.32. The van der Waals surface area contributed by atoms with E-state index in [0.29, 0.717) is 0 Å². The summed E-state index contributed by atoms with van der Waals surface area (Å²) in [6.45, 7) is 0. The van der Waals surface area contributed by atoms with E-state index in [0.717, 1.165) is 6.07 Å². The zero-order valence-electron chi connectivity index (χ0n) is 6.48. The van der Waals surface area contributed by atoms with Gasteiger partial charge in [0, 0.05) is 0 Å². The lowest BCUT2D eigenvalue weighted by Gasteiger charge is -2.06. The first-order valence-electron chi connectivity index (χ1n) is 3.32. The molecule has 0 aliphatic rings. The Labute approximate surface area is 73.2 Å². The molecule has 0 spiro atoms. The molecule has 0 fully saturated rings. The van der Waals surface area contributed by atoms with Crippen LogP contribution >= 0.6 is 0 Å². The molecule has 0 aliphatic carbocycles. The Hall–Kier alpha value is -2.11. The summed E-state index contributed by atoms with van der Waals surface area (Å²) in [7, 11) is 0. The molecule has 6 heteroatoms. The van der Waals surface area contributed by atoms with Crippen LogP contribution in [-0.4, -0.2) is 21.4 Å². The fraction of sp³-hybridized carbons (Fsp3) is 0. The minimum atomic E-state index is -0.875. The lowest BCUT2D eigenvalue weighted by atomic mass is 10.2. The average Bonchev–Trinajstić information content (AvgIpc) is 2.06. The van der Waals surface area contributed by atoms with E-state index in [9.17, 15) is 4.79 Å². The number of primary amides is 1. The summed E-state index contributed by atoms with van der Waals surface area (Å²) in [4.78, 5) is 10.4. The van der Waals surface area contributed by atoms with Gasteiger partial charge in [0.2, 0.25) is 5.75 Å². The summed E-state index contributed by atoms with van der Waals surface area (Å²) < 4.78 is 0. The van der Waals surface area contributed by atoms with E-state index in [1.54, 1.807) is 0 Å². The third-order valence-electron chi connectivity index (χ3n) is 1.39. The van der Waals surface area contributed by atoms with Crippen LogP contribution < -0.4 is 11.1 Å². The highest BCUT2D eigenvalue weighted by molar-refractivity contribution is 5.90. The number of carbonyl (C=O) groups is 1. The number of urea groups is 1. The second kappa shape index (κ2) is 3.10. The molecule has 0 unspecified atom stereocenters. The topological polar surface area (TPSA) is 116 Å². The van der Waals surface area contributed by atoms with Crippen LogP contribution in [0.15, 0.2) is 12.1 Å². The Bertz CT molecular complexity index is 351. The number of nitrogens with one attached hydrogen (secondary N) is 1. The number of benzene rings is 1. The molecule has 0 saturated carbocycles. The van der Waals surface area contributed by atoms with Crippen molar-refractivity contribution in [1.82, 2.24) is 0 Å². The summed E-state index contributed by atoms with van der Waals surface area (Å²) in [5.41, 5.74) is 4.71. The first kappa shape index (κ1) is 8.98. The van der Waals surface area contributed by atoms with E-state index in [1.165, 1.54) is 6.07 Å². The molecule has 0 aliphatic heterocycles. The van der Waals surface area contributed by atoms with Crippen molar-refractivity contribution in [2.45, 2.75) is 0 Å². The van der Waals surface area contributed by atoms with E-state index < -0.39 is 23.3 Å². The quantitative estimate of drug-likeness (QED) is 0.318. The number of carbonyl (C=O) groups excluding carboxylic acids is 1. The number of nitrogens with two attached hydrogens (primary N) is 1. The highest BCUT2D eigenvalue weighted by Gasteiger charge is 2.11. The Morgan fingerprint density at radius 2 is 1.85 bits per heavy atom. The molecule has 13 heavy (non-hydrogen) atoms. The minimum absolute atomic E-state index is 0.0669. The molecule has 2 amide bonds. The number of aromatic hydroxyl groups is 3. The van der Waals surface area contributed by atoms with Gasteiger partial charge in [-0.3, -0.25) is 0 Å². The first-order chi connectivity index (χ1) is 6.02. The number of amides is 2. The summed E-state index contributed by atoms with van der Waals surface area (Å²) in [5, 5.41) is 29.1. The van der Waals surface area contributed by atoms with E-state index >= 15 is 0 Å². The van der Waals surface area contributed by atoms with Crippen molar-refractivity contribution in [3.05, 3.63) is 12.1 Å². The van der Waals surface area contributed by atoms with Crippen LogP contribution in [0.25, 0.3) is 0 Å². The Morgan fingerprint density at radius 3 is 2.38 bits per heavy atom. The monoisotopic (exact) mass is 184 g/mol. The van der Waals surface area contributed by atoms with E-state index in [1.807, 2.05) is 0 Å². The van der Waals surface area contributed by atoms with Gasteiger partial charge in [0.05, 0.1) is 5.69 Å². The first-order valence-corrected chi connectivity index (χ1v) is 3.32. The number of phenolic OH excluding ortho intramolecular Hbond substituents is 3. The number of anilines is 1. The lowest BCUT2D eigenvalue weighted by molar-refractivity contribution is 0.259. The zero-order chi connectivity index (χ0) is 10.0. The van der Waals surface area contributed by atoms with Crippen molar-refractivity contribution in [2.75, 3.05) is 5.32 Å². The van der Waals surface area contributed by atoms with E-state index in [2.05, 4.69) is 5.32 Å². The molecule has 0 bridgehead atoms. The molecule has 6 nitrogen and oxygen atoms in total. The molecule has 0 aromatic heterocycles. The molecule has 0 saturated heterocycles. The standard InChI is InChI=1S/C7H8N2O4/c8-7(13)9-3-1-2-4(10)6(12)5(3)11/h1-2,10-12H,(H3,8,9,13). The van der Waals surface area contributed by atoms with Crippen LogP contribution in [0.4, 0.5) is 10.5 Å². The summed E-state index contributed by atoms with van der Waals surface area (Å²) >= 11 is 0. The fourth-order valence-electron chi connectivity index (χ4n) is 0.803. The predicted molar refractivity (Wildman–Crippen MR) is 44.6 cm³/mol. The average molecular weight is 184 g/mol. The van der Waals surface area contributed by atoms with Crippen molar-refractivity contribution in [3.63, 3.8) is 0 Å². The normalized spacial score (nSPS) is 9.54. The Morgan fingerprint density at radius 1 is 1.23 bits per heavy atom. The summed E-state index contributed by atoms with van der Waals surface area (Å²) in [6.07, 6.45) is 0. The van der Waals surface area contributed by atoms with Gasteiger partial charge < -0.3 is 26.4 Å². The molecule has 0 heterocycles. The highest BCUT2D eigenvalue weighted by Crippen LogP contribution is 2.39. The van der Waals surface area contributed by atoms with Crippen molar-refractivity contribution in [1.29, 1.82) is 0 Å². The van der Waals surface area contributed by atoms with Gasteiger partial charge in [-0.25, -0.2) is 4.79 Å². The van der Waals surface area contributed by atoms with Crippen molar-refractivity contribution in [2.24, 2.45) is 5.73 Å². The van der Waals surface area contributed by atoms with Gasteiger partial charge >= 0.3 is 6.03 Å². The Balaban J connectivity index is 3.10. The summed E-state index contributed by atoms with van der Waals surface area (Å²) in [6, 6.07) is 1.44. The number of rotatable bonds is 1. The molecular weight excluding hydrogens is 176 g/mol. The van der Waals surface area contributed by atoms with Crippen LogP contribution in [-0.2, 0) is 0 Å². The van der Waals surface area contributed by atoms with Crippen LogP contribution in [0.5, 0.6) is 17.2 Å².